The Morgan fingerprint density at radius 3 is 2.53 bits per heavy atom. The molecule has 0 aliphatic carbocycles. The van der Waals surface area contributed by atoms with Crippen molar-refractivity contribution in [1.29, 1.82) is 0 Å². The first-order valence-electron chi connectivity index (χ1n) is 7.15. The maximum Gasteiger partial charge on any atom is 0.0409 e. The molecule has 3 heteroatoms. The van der Waals surface area contributed by atoms with E-state index < -0.39 is 0 Å². The van der Waals surface area contributed by atoms with Crippen LogP contribution in [0.5, 0.6) is 0 Å². The molecule has 2 nitrogen and oxygen atoms in total. The highest BCUT2D eigenvalue weighted by Crippen LogP contribution is 2.25. The Bertz CT molecular complexity index is 381. The summed E-state index contributed by atoms with van der Waals surface area (Å²) in [6.45, 7) is 11.1. The second-order valence-corrected chi connectivity index (χ2v) is 5.86. The van der Waals surface area contributed by atoms with E-state index in [-0.39, 0.29) is 0 Å². The van der Waals surface area contributed by atoms with Crippen LogP contribution >= 0.6 is 11.6 Å². The van der Waals surface area contributed by atoms with E-state index in [1.165, 1.54) is 5.56 Å². The second kappa shape index (κ2) is 7.88. The molecule has 0 saturated carbocycles. The zero-order valence-electron chi connectivity index (χ0n) is 12.8. The molecule has 19 heavy (non-hydrogen) atoms. The Morgan fingerprint density at radius 1 is 1.26 bits per heavy atom. The molecule has 0 aliphatic rings. The fourth-order valence-electron chi connectivity index (χ4n) is 2.30. The minimum atomic E-state index is 0.373. The van der Waals surface area contributed by atoms with Crippen LogP contribution in [-0.4, -0.2) is 31.1 Å². The molecule has 0 spiro atoms. The van der Waals surface area contributed by atoms with Crippen LogP contribution in [0.4, 0.5) is 0 Å². The van der Waals surface area contributed by atoms with Gasteiger partial charge >= 0.3 is 0 Å². The van der Waals surface area contributed by atoms with Crippen LogP contribution in [0.1, 0.15) is 39.3 Å². The minimum absolute atomic E-state index is 0.373. The highest BCUT2D eigenvalue weighted by atomic mass is 35.5. The molecule has 108 valence electrons. The molecule has 0 saturated heterocycles. The number of benzene rings is 1. The molecule has 0 bridgehead atoms. The van der Waals surface area contributed by atoms with Crippen LogP contribution in [0.15, 0.2) is 24.3 Å². The summed E-state index contributed by atoms with van der Waals surface area (Å²) in [7, 11) is 2.19. The van der Waals surface area contributed by atoms with Crippen molar-refractivity contribution in [3.63, 3.8) is 0 Å². The summed E-state index contributed by atoms with van der Waals surface area (Å²) < 4.78 is 0. The Morgan fingerprint density at radius 2 is 1.95 bits per heavy atom. The SMILES string of the molecule is CCNCC(C)C(C)N(C)C(C)c1cccc(Cl)c1. The molecule has 0 heterocycles. The van der Waals surface area contributed by atoms with E-state index in [0.29, 0.717) is 18.0 Å². The lowest BCUT2D eigenvalue weighted by Gasteiger charge is -2.35. The summed E-state index contributed by atoms with van der Waals surface area (Å²) in [5.74, 6) is 0.617. The molecule has 0 aliphatic heterocycles. The van der Waals surface area contributed by atoms with Crippen LogP contribution < -0.4 is 5.32 Å². The topological polar surface area (TPSA) is 15.3 Å². The van der Waals surface area contributed by atoms with Crippen molar-refractivity contribution in [2.24, 2.45) is 5.92 Å². The van der Waals surface area contributed by atoms with E-state index in [1.807, 2.05) is 12.1 Å². The molecule has 1 rings (SSSR count). The van der Waals surface area contributed by atoms with Gasteiger partial charge in [0.05, 0.1) is 0 Å². The molecule has 1 N–H and O–H groups in total. The van der Waals surface area contributed by atoms with Crippen LogP contribution in [0.3, 0.4) is 0 Å². The van der Waals surface area contributed by atoms with E-state index in [0.717, 1.165) is 18.1 Å². The Kier molecular flexibility index (Phi) is 6.84. The number of nitrogens with zero attached hydrogens (tertiary/aromatic N) is 1. The molecule has 0 radical (unpaired) electrons. The van der Waals surface area contributed by atoms with E-state index in [1.54, 1.807) is 0 Å². The zero-order chi connectivity index (χ0) is 14.4. The monoisotopic (exact) mass is 282 g/mol. The average molecular weight is 283 g/mol. The summed E-state index contributed by atoms with van der Waals surface area (Å²) in [5, 5.41) is 4.24. The molecule has 1 aromatic carbocycles. The maximum absolute atomic E-state index is 6.08. The lowest BCUT2D eigenvalue weighted by molar-refractivity contribution is 0.150. The molecule has 3 unspecified atom stereocenters. The van der Waals surface area contributed by atoms with Crippen molar-refractivity contribution >= 4 is 11.6 Å². The number of nitrogens with one attached hydrogen (secondary N) is 1. The van der Waals surface area contributed by atoms with Gasteiger partial charge in [-0.25, -0.2) is 0 Å². The van der Waals surface area contributed by atoms with Gasteiger partial charge in [-0.1, -0.05) is 37.6 Å². The van der Waals surface area contributed by atoms with Crippen molar-refractivity contribution in [1.82, 2.24) is 10.2 Å². The van der Waals surface area contributed by atoms with Gasteiger partial charge in [0.15, 0.2) is 0 Å². The van der Waals surface area contributed by atoms with Crippen LogP contribution in [0, 0.1) is 5.92 Å². The third kappa shape index (κ3) is 4.79. The van der Waals surface area contributed by atoms with Crippen molar-refractivity contribution in [2.75, 3.05) is 20.1 Å². The molecule has 0 fully saturated rings. The number of rotatable bonds is 7. The third-order valence-corrected chi connectivity index (χ3v) is 4.36. The van der Waals surface area contributed by atoms with E-state index >= 15 is 0 Å². The minimum Gasteiger partial charge on any atom is -0.317 e. The summed E-state index contributed by atoms with van der Waals surface area (Å²) in [6, 6.07) is 9.05. The highest BCUT2D eigenvalue weighted by Gasteiger charge is 2.21. The lowest BCUT2D eigenvalue weighted by atomic mass is 9.98. The molecular weight excluding hydrogens is 256 g/mol. The predicted octanol–water partition coefficient (Wildman–Crippen LogP) is 3.97. The summed E-state index contributed by atoms with van der Waals surface area (Å²) in [5.41, 5.74) is 1.28. The fraction of sp³-hybridized carbons (Fsp3) is 0.625. The van der Waals surface area contributed by atoms with Gasteiger partial charge in [-0.2, -0.15) is 0 Å². The molecule has 1 aromatic rings. The predicted molar refractivity (Wildman–Crippen MR) is 84.8 cm³/mol. The quantitative estimate of drug-likeness (QED) is 0.814. The average Bonchev–Trinajstić information content (AvgIpc) is 2.42. The van der Waals surface area contributed by atoms with Gasteiger partial charge < -0.3 is 5.32 Å². The summed E-state index contributed by atoms with van der Waals surface area (Å²) in [6.07, 6.45) is 0. The van der Waals surface area contributed by atoms with Gasteiger partial charge in [0.25, 0.3) is 0 Å². The van der Waals surface area contributed by atoms with Crippen molar-refractivity contribution in [2.45, 2.75) is 39.8 Å². The maximum atomic E-state index is 6.08. The summed E-state index contributed by atoms with van der Waals surface area (Å²) >= 11 is 6.08. The van der Waals surface area contributed by atoms with Gasteiger partial charge in [0.1, 0.15) is 0 Å². The largest absolute Gasteiger partial charge is 0.317 e. The first-order chi connectivity index (χ1) is 8.97. The normalized spacial score (nSPS) is 16.4. The molecular formula is C16H27ClN2. The molecule has 3 atom stereocenters. The number of halogens is 1. The van der Waals surface area contributed by atoms with Crippen molar-refractivity contribution in [3.8, 4) is 0 Å². The van der Waals surface area contributed by atoms with Crippen molar-refractivity contribution in [3.05, 3.63) is 34.9 Å². The van der Waals surface area contributed by atoms with E-state index in [9.17, 15) is 0 Å². The first-order valence-corrected chi connectivity index (χ1v) is 7.53. The number of hydrogen-bond acceptors (Lipinski definition) is 2. The van der Waals surface area contributed by atoms with Crippen molar-refractivity contribution < 1.29 is 0 Å². The third-order valence-electron chi connectivity index (χ3n) is 4.12. The Hall–Kier alpha value is -0.570. The number of hydrogen-bond donors (Lipinski definition) is 1. The van der Waals surface area contributed by atoms with Crippen LogP contribution in [-0.2, 0) is 0 Å². The Labute approximate surface area is 123 Å². The van der Waals surface area contributed by atoms with Gasteiger partial charge in [-0.05, 0) is 57.6 Å². The van der Waals surface area contributed by atoms with Gasteiger partial charge in [-0.15, -0.1) is 0 Å². The molecule has 0 amide bonds. The van der Waals surface area contributed by atoms with Crippen LogP contribution in [0.25, 0.3) is 0 Å². The zero-order valence-corrected chi connectivity index (χ0v) is 13.5. The standard InChI is InChI=1S/C16H27ClN2/c1-6-18-11-12(2)13(3)19(5)14(4)15-8-7-9-16(17)10-15/h7-10,12-14,18H,6,11H2,1-5H3. The van der Waals surface area contributed by atoms with E-state index in [4.69, 9.17) is 11.6 Å². The highest BCUT2D eigenvalue weighted by molar-refractivity contribution is 6.30. The second-order valence-electron chi connectivity index (χ2n) is 5.42. The smallest absolute Gasteiger partial charge is 0.0409 e. The van der Waals surface area contributed by atoms with Gasteiger partial charge in [-0.3, -0.25) is 4.90 Å². The Balaban J connectivity index is 2.67. The molecule has 0 aromatic heterocycles. The fourth-order valence-corrected chi connectivity index (χ4v) is 2.50. The van der Waals surface area contributed by atoms with Crippen LogP contribution in [0.2, 0.25) is 5.02 Å². The first kappa shape index (κ1) is 16.5. The lowest BCUT2D eigenvalue weighted by Crippen LogP contribution is -2.40. The van der Waals surface area contributed by atoms with Gasteiger partial charge in [0.2, 0.25) is 0 Å². The van der Waals surface area contributed by atoms with Gasteiger partial charge in [0, 0.05) is 17.1 Å². The van der Waals surface area contributed by atoms with E-state index in [2.05, 4.69) is 57.1 Å². The summed E-state index contributed by atoms with van der Waals surface area (Å²) in [4.78, 5) is 2.42.